The highest BCUT2D eigenvalue weighted by Crippen LogP contribution is 2.26. The van der Waals surface area contributed by atoms with Crippen molar-refractivity contribution in [3.8, 4) is 17.0 Å². The maximum absolute atomic E-state index is 12.5. The van der Waals surface area contributed by atoms with Gasteiger partial charge in [-0.1, -0.05) is 24.3 Å². The summed E-state index contributed by atoms with van der Waals surface area (Å²) in [7, 11) is 0. The molecule has 5 rings (SSSR count). The lowest BCUT2D eigenvalue weighted by atomic mass is 10.0. The highest BCUT2D eigenvalue weighted by molar-refractivity contribution is 5.97. The number of hydrogen-bond donors (Lipinski definition) is 1. The van der Waals surface area contributed by atoms with E-state index >= 15 is 0 Å². The molecule has 0 unspecified atom stereocenters. The molecule has 180 valence electrons. The number of nitrogens with one attached hydrogen (secondary N) is 1. The van der Waals surface area contributed by atoms with Gasteiger partial charge in [-0.15, -0.1) is 5.10 Å². The van der Waals surface area contributed by atoms with E-state index in [2.05, 4.69) is 20.3 Å². The van der Waals surface area contributed by atoms with Crippen molar-refractivity contribution in [2.75, 3.05) is 38.2 Å². The Morgan fingerprint density at radius 3 is 2.60 bits per heavy atom. The van der Waals surface area contributed by atoms with Crippen molar-refractivity contribution in [3.63, 3.8) is 0 Å². The second-order valence-corrected chi connectivity index (χ2v) is 8.43. The molecule has 0 bridgehead atoms. The van der Waals surface area contributed by atoms with Gasteiger partial charge in [0.15, 0.2) is 5.65 Å². The van der Waals surface area contributed by atoms with Crippen LogP contribution in [0.25, 0.3) is 16.9 Å². The lowest BCUT2D eigenvalue weighted by Crippen LogP contribution is -2.25. The molecule has 0 aliphatic carbocycles. The first-order chi connectivity index (χ1) is 17.2. The Morgan fingerprint density at radius 1 is 1.00 bits per heavy atom. The summed E-state index contributed by atoms with van der Waals surface area (Å²) in [5.74, 6) is 0.950. The van der Waals surface area contributed by atoms with Crippen molar-refractivity contribution < 1.29 is 14.3 Å². The molecule has 2 aromatic heterocycles. The Morgan fingerprint density at radius 2 is 1.80 bits per heavy atom. The van der Waals surface area contributed by atoms with Crippen LogP contribution in [0.5, 0.6) is 5.75 Å². The first-order valence-electron chi connectivity index (χ1n) is 12.1. The van der Waals surface area contributed by atoms with Gasteiger partial charge in [-0.05, 0) is 75.3 Å². The molecule has 0 radical (unpaired) electrons. The number of anilines is 2. The maximum atomic E-state index is 12.5. The normalized spacial score (nSPS) is 13.7. The summed E-state index contributed by atoms with van der Waals surface area (Å²) < 4.78 is 12.9. The monoisotopic (exact) mass is 471 g/mol. The van der Waals surface area contributed by atoms with Crippen molar-refractivity contribution in [2.24, 2.45) is 0 Å². The van der Waals surface area contributed by atoms with E-state index in [1.54, 1.807) is 17.5 Å². The Kier molecular flexibility index (Phi) is 6.90. The van der Waals surface area contributed by atoms with Crippen LogP contribution in [0.15, 0.2) is 66.7 Å². The van der Waals surface area contributed by atoms with Crippen molar-refractivity contribution in [1.29, 1.82) is 0 Å². The summed E-state index contributed by atoms with van der Waals surface area (Å²) in [4.78, 5) is 19.5. The third-order valence-corrected chi connectivity index (χ3v) is 6.04. The predicted octanol–water partition coefficient (Wildman–Crippen LogP) is 4.79. The standard InChI is InChI=1S/C27H29N5O3/c1-2-34-26(33)23-9-4-3-8-22(23)24-10-7-11-25-29-27(30-32(24)25)28-20-12-14-21(15-13-20)35-19-18-31-16-5-6-17-31/h3-4,7-15H,2,5-6,16-19H2,1H3,(H,28,30). The van der Waals surface area contributed by atoms with Crippen LogP contribution in [-0.2, 0) is 4.74 Å². The van der Waals surface area contributed by atoms with Crippen molar-refractivity contribution in [1.82, 2.24) is 19.5 Å². The van der Waals surface area contributed by atoms with Crippen molar-refractivity contribution in [3.05, 3.63) is 72.3 Å². The number of aromatic nitrogens is 3. The summed E-state index contributed by atoms with van der Waals surface area (Å²) in [6.07, 6.45) is 2.58. The second kappa shape index (κ2) is 10.6. The van der Waals surface area contributed by atoms with Gasteiger partial charge in [-0.25, -0.2) is 9.31 Å². The van der Waals surface area contributed by atoms with Crippen LogP contribution in [0, 0.1) is 0 Å². The zero-order chi connectivity index (χ0) is 24.0. The average Bonchev–Trinajstić information content (AvgIpc) is 3.55. The smallest absolute Gasteiger partial charge is 0.338 e. The van der Waals surface area contributed by atoms with Crippen LogP contribution < -0.4 is 10.1 Å². The number of benzene rings is 2. The number of carbonyl (C=O) groups is 1. The molecule has 0 atom stereocenters. The van der Waals surface area contributed by atoms with Crippen LogP contribution in [0.4, 0.5) is 11.6 Å². The number of ether oxygens (including phenoxy) is 2. The Labute approximate surface area is 204 Å². The molecule has 35 heavy (non-hydrogen) atoms. The van der Waals surface area contributed by atoms with Gasteiger partial charge in [0.1, 0.15) is 12.4 Å². The summed E-state index contributed by atoms with van der Waals surface area (Å²) in [6, 6.07) is 20.9. The maximum Gasteiger partial charge on any atom is 0.338 e. The van der Waals surface area contributed by atoms with E-state index in [-0.39, 0.29) is 5.97 Å². The zero-order valence-corrected chi connectivity index (χ0v) is 19.8. The number of esters is 1. The van der Waals surface area contributed by atoms with E-state index in [0.29, 0.717) is 30.4 Å². The molecule has 2 aromatic carbocycles. The minimum atomic E-state index is -0.360. The lowest BCUT2D eigenvalue weighted by Gasteiger charge is -2.15. The fourth-order valence-electron chi connectivity index (χ4n) is 4.32. The fourth-order valence-corrected chi connectivity index (χ4v) is 4.32. The average molecular weight is 472 g/mol. The zero-order valence-electron chi connectivity index (χ0n) is 19.8. The summed E-state index contributed by atoms with van der Waals surface area (Å²) >= 11 is 0. The lowest BCUT2D eigenvalue weighted by molar-refractivity contribution is 0.0527. The number of nitrogens with zero attached hydrogens (tertiary/aromatic N) is 4. The van der Waals surface area contributed by atoms with Gasteiger partial charge < -0.3 is 14.8 Å². The number of pyridine rings is 1. The van der Waals surface area contributed by atoms with Crippen molar-refractivity contribution >= 4 is 23.3 Å². The van der Waals surface area contributed by atoms with E-state index in [4.69, 9.17) is 9.47 Å². The van der Waals surface area contributed by atoms with E-state index in [1.807, 2.05) is 60.7 Å². The molecule has 1 aliphatic heterocycles. The first-order valence-corrected chi connectivity index (χ1v) is 12.1. The quantitative estimate of drug-likeness (QED) is 0.352. The van der Waals surface area contributed by atoms with Crippen LogP contribution in [-0.4, -0.2) is 58.3 Å². The first kappa shape index (κ1) is 22.9. The van der Waals surface area contributed by atoms with Gasteiger partial charge in [-0.2, -0.15) is 4.98 Å². The van der Waals surface area contributed by atoms with Gasteiger partial charge in [0.25, 0.3) is 0 Å². The number of likely N-dealkylation sites (tertiary alicyclic amines) is 1. The van der Waals surface area contributed by atoms with Crippen LogP contribution in [0.1, 0.15) is 30.1 Å². The van der Waals surface area contributed by atoms with Gasteiger partial charge in [0, 0.05) is 17.8 Å². The van der Waals surface area contributed by atoms with Crippen LogP contribution in [0.3, 0.4) is 0 Å². The molecule has 4 aromatic rings. The molecule has 0 amide bonds. The predicted molar refractivity (Wildman–Crippen MR) is 135 cm³/mol. The van der Waals surface area contributed by atoms with Gasteiger partial charge in [0.2, 0.25) is 5.95 Å². The largest absolute Gasteiger partial charge is 0.492 e. The minimum absolute atomic E-state index is 0.317. The Hall–Kier alpha value is -3.91. The molecule has 1 N–H and O–H groups in total. The number of hydrogen-bond acceptors (Lipinski definition) is 7. The van der Waals surface area contributed by atoms with E-state index < -0.39 is 0 Å². The van der Waals surface area contributed by atoms with Crippen LogP contribution >= 0.6 is 0 Å². The van der Waals surface area contributed by atoms with Gasteiger partial charge in [0.05, 0.1) is 17.9 Å². The summed E-state index contributed by atoms with van der Waals surface area (Å²) in [6.45, 7) is 6.12. The molecule has 8 heteroatoms. The van der Waals surface area contributed by atoms with Crippen molar-refractivity contribution in [2.45, 2.75) is 19.8 Å². The molecular formula is C27H29N5O3. The molecule has 1 aliphatic rings. The van der Waals surface area contributed by atoms with E-state index in [1.165, 1.54) is 25.9 Å². The molecular weight excluding hydrogens is 442 g/mol. The SMILES string of the molecule is CCOC(=O)c1ccccc1-c1cccc2nc(Nc3ccc(OCCN4CCCC4)cc3)nn12. The van der Waals surface area contributed by atoms with Gasteiger partial charge in [-0.3, -0.25) is 4.90 Å². The minimum Gasteiger partial charge on any atom is -0.492 e. The highest BCUT2D eigenvalue weighted by Gasteiger charge is 2.17. The molecule has 1 fully saturated rings. The van der Waals surface area contributed by atoms with Crippen LogP contribution in [0.2, 0.25) is 0 Å². The molecule has 0 saturated carbocycles. The molecule has 8 nitrogen and oxygen atoms in total. The second-order valence-electron chi connectivity index (χ2n) is 8.43. The molecule has 0 spiro atoms. The molecule has 1 saturated heterocycles. The van der Waals surface area contributed by atoms with E-state index in [9.17, 15) is 4.79 Å². The fraction of sp³-hybridized carbons (Fsp3) is 0.296. The number of carbonyl (C=O) groups excluding carboxylic acids is 1. The van der Waals surface area contributed by atoms with E-state index in [0.717, 1.165) is 29.2 Å². The highest BCUT2D eigenvalue weighted by atomic mass is 16.5. The molecule has 3 heterocycles. The summed E-state index contributed by atoms with van der Waals surface area (Å²) in [5.41, 5.74) is 3.52. The Bertz CT molecular complexity index is 1300. The van der Waals surface area contributed by atoms with Gasteiger partial charge >= 0.3 is 5.97 Å². The number of rotatable bonds is 9. The third kappa shape index (κ3) is 5.27. The summed E-state index contributed by atoms with van der Waals surface area (Å²) in [5, 5.41) is 7.91. The third-order valence-electron chi connectivity index (χ3n) is 6.04. The Balaban J connectivity index is 1.31. The topological polar surface area (TPSA) is 81.0 Å². The number of fused-ring (bicyclic) bond motifs is 1.